The molecular formula is C12H10FNO4S2. The summed E-state index contributed by atoms with van der Waals surface area (Å²) in [5.74, 6) is -1.90. The number of rotatable bonds is 4. The maximum atomic E-state index is 13.6. The van der Waals surface area contributed by atoms with Crippen molar-refractivity contribution in [3.8, 4) is 0 Å². The van der Waals surface area contributed by atoms with Crippen molar-refractivity contribution < 1.29 is 22.7 Å². The number of benzene rings is 1. The average Bonchev–Trinajstić information content (AvgIpc) is 2.84. The van der Waals surface area contributed by atoms with E-state index in [0.29, 0.717) is 16.9 Å². The van der Waals surface area contributed by atoms with Crippen LogP contribution in [-0.2, 0) is 10.0 Å². The van der Waals surface area contributed by atoms with Crippen LogP contribution >= 0.6 is 11.3 Å². The van der Waals surface area contributed by atoms with Crippen molar-refractivity contribution in [1.82, 2.24) is 0 Å². The van der Waals surface area contributed by atoms with Gasteiger partial charge in [0, 0.05) is 0 Å². The van der Waals surface area contributed by atoms with Crippen LogP contribution in [0.5, 0.6) is 0 Å². The highest BCUT2D eigenvalue weighted by Crippen LogP contribution is 2.26. The first-order chi connectivity index (χ1) is 9.31. The van der Waals surface area contributed by atoms with Gasteiger partial charge in [0.1, 0.15) is 14.9 Å². The first kappa shape index (κ1) is 14.5. The van der Waals surface area contributed by atoms with E-state index in [1.807, 2.05) is 0 Å². The van der Waals surface area contributed by atoms with Crippen molar-refractivity contribution in [2.45, 2.75) is 11.1 Å². The molecule has 8 heteroatoms. The predicted octanol–water partition coefficient (Wildman–Crippen LogP) is 2.69. The minimum absolute atomic E-state index is 0.101. The first-order valence-electron chi connectivity index (χ1n) is 5.42. The van der Waals surface area contributed by atoms with Gasteiger partial charge in [-0.25, -0.2) is 17.6 Å². The number of hydrogen-bond acceptors (Lipinski definition) is 4. The van der Waals surface area contributed by atoms with E-state index in [2.05, 4.69) is 4.72 Å². The second-order valence-corrected chi connectivity index (χ2v) is 6.95. The number of anilines is 1. The highest BCUT2D eigenvalue weighted by molar-refractivity contribution is 7.94. The Labute approximate surface area is 118 Å². The lowest BCUT2D eigenvalue weighted by molar-refractivity contribution is 0.0702. The summed E-state index contributed by atoms with van der Waals surface area (Å²) in [6.45, 7) is 1.57. The number of carbonyl (C=O) groups is 1. The molecule has 1 aromatic carbocycles. The molecule has 2 aromatic rings. The topological polar surface area (TPSA) is 83.5 Å². The number of halogens is 1. The van der Waals surface area contributed by atoms with Crippen LogP contribution in [0.4, 0.5) is 10.1 Å². The molecule has 0 radical (unpaired) electrons. The van der Waals surface area contributed by atoms with E-state index >= 15 is 0 Å². The van der Waals surface area contributed by atoms with Crippen LogP contribution in [0.2, 0.25) is 0 Å². The van der Waals surface area contributed by atoms with Gasteiger partial charge in [-0.1, -0.05) is 12.1 Å². The Morgan fingerprint density at radius 3 is 2.55 bits per heavy atom. The molecule has 0 aliphatic carbocycles. The van der Waals surface area contributed by atoms with Gasteiger partial charge in [-0.15, -0.1) is 11.3 Å². The van der Waals surface area contributed by atoms with Crippen LogP contribution in [0.1, 0.15) is 15.2 Å². The normalized spacial score (nSPS) is 11.3. The third-order valence-corrected chi connectivity index (χ3v) is 5.43. The molecule has 5 nitrogen and oxygen atoms in total. The SMILES string of the molecule is Cc1cccc(F)c1NS(=O)(=O)c1ccc(C(=O)O)s1. The Bertz CT molecular complexity index is 747. The smallest absolute Gasteiger partial charge is 0.345 e. The molecule has 2 rings (SSSR count). The zero-order valence-electron chi connectivity index (χ0n) is 10.3. The zero-order valence-corrected chi connectivity index (χ0v) is 11.9. The van der Waals surface area contributed by atoms with E-state index < -0.39 is 21.8 Å². The van der Waals surface area contributed by atoms with Gasteiger partial charge in [0.2, 0.25) is 0 Å². The number of aromatic carboxylic acids is 1. The fourth-order valence-electron chi connectivity index (χ4n) is 1.53. The summed E-state index contributed by atoms with van der Waals surface area (Å²) < 4.78 is 39.7. The number of carboxylic acid groups (broad SMARTS) is 1. The second kappa shape index (κ2) is 5.22. The van der Waals surface area contributed by atoms with Crippen LogP contribution in [-0.4, -0.2) is 19.5 Å². The number of thiophene rings is 1. The molecule has 0 saturated heterocycles. The van der Waals surface area contributed by atoms with Crippen molar-refractivity contribution in [3.05, 3.63) is 46.6 Å². The maximum Gasteiger partial charge on any atom is 0.345 e. The van der Waals surface area contributed by atoms with E-state index in [-0.39, 0.29) is 14.8 Å². The van der Waals surface area contributed by atoms with Gasteiger partial charge in [0.25, 0.3) is 10.0 Å². The van der Waals surface area contributed by atoms with Crippen molar-refractivity contribution in [2.75, 3.05) is 4.72 Å². The highest BCUT2D eigenvalue weighted by atomic mass is 32.2. The molecule has 0 atom stereocenters. The molecule has 106 valence electrons. The standard InChI is InChI=1S/C12H10FNO4S2/c1-7-3-2-4-8(13)11(7)14-20(17,18)10-6-5-9(19-10)12(15)16/h2-6,14H,1H3,(H,15,16). The fraction of sp³-hybridized carbons (Fsp3) is 0.0833. The van der Waals surface area contributed by atoms with Gasteiger partial charge in [-0.3, -0.25) is 4.72 Å². The van der Waals surface area contributed by atoms with Gasteiger partial charge in [0.05, 0.1) is 5.69 Å². The Balaban J connectivity index is 2.38. The Morgan fingerprint density at radius 1 is 1.30 bits per heavy atom. The first-order valence-corrected chi connectivity index (χ1v) is 7.72. The van der Waals surface area contributed by atoms with Gasteiger partial charge < -0.3 is 5.11 Å². The number of carboxylic acids is 1. The van der Waals surface area contributed by atoms with E-state index in [9.17, 15) is 17.6 Å². The average molecular weight is 315 g/mol. The Hall–Kier alpha value is -1.93. The van der Waals surface area contributed by atoms with Crippen molar-refractivity contribution >= 4 is 33.0 Å². The number of hydrogen-bond donors (Lipinski definition) is 2. The number of aryl methyl sites for hydroxylation is 1. The predicted molar refractivity (Wildman–Crippen MR) is 73.2 cm³/mol. The monoisotopic (exact) mass is 315 g/mol. The molecule has 1 heterocycles. The van der Waals surface area contributed by atoms with Crippen molar-refractivity contribution in [1.29, 1.82) is 0 Å². The second-order valence-electron chi connectivity index (χ2n) is 3.96. The lowest BCUT2D eigenvalue weighted by Gasteiger charge is -2.09. The van der Waals surface area contributed by atoms with Crippen LogP contribution < -0.4 is 4.72 Å². The summed E-state index contributed by atoms with van der Waals surface area (Å²) >= 11 is 0.606. The number of para-hydroxylation sites is 1. The number of nitrogens with one attached hydrogen (secondary N) is 1. The molecule has 0 aliphatic heterocycles. The van der Waals surface area contributed by atoms with Gasteiger partial charge in [-0.05, 0) is 30.7 Å². The van der Waals surface area contributed by atoms with E-state index in [1.54, 1.807) is 13.0 Å². The van der Waals surface area contributed by atoms with Crippen molar-refractivity contribution in [3.63, 3.8) is 0 Å². The fourth-order valence-corrected chi connectivity index (χ4v) is 3.81. The lowest BCUT2D eigenvalue weighted by atomic mass is 10.2. The molecule has 0 unspecified atom stereocenters. The van der Waals surface area contributed by atoms with Gasteiger partial charge in [-0.2, -0.15) is 0 Å². The Morgan fingerprint density at radius 2 is 2.00 bits per heavy atom. The highest BCUT2D eigenvalue weighted by Gasteiger charge is 2.21. The molecule has 1 aromatic heterocycles. The molecular weight excluding hydrogens is 305 g/mol. The third-order valence-electron chi connectivity index (χ3n) is 2.52. The minimum atomic E-state index is -4.01. The van der Waals surface area contributed by atoms with Crippen LogP contribution in [0, 0.1) is 12.7 Å². The summed E-state index contributed by atoms with van der Waals surface area (Å²) in [7, 11) is -4.01. The third kappa shape index (κ3) is 2.81. The van der Waals surface area contributed by atoms with Crippen LogP contribution in [0.25, 0.3) is 0 Å². The van der Waals surface area contributed by atoms with Gasteiger partial charge in [0.15, 0.2) is 0 Å². The van der Waals surface area contributed by atoms with Crippen LogP contribution in [0.3, 0.4) is 0 Å². The summed E-state index contributed by atoms with van der Waals surface area (Å²) in [6.07, 6.45) is 0. The van der Waals surface area contributed by atoms with Crippen molar-refractivity contribution in [2.24, 2.45) is 0 Å². The van der Waals surface area contributed by atoms with Gasteiger partial charge >= 0.3 is 5.97 Å². The molecule has 0 amide bonds. The Kier molecular flexibility index (Phi) is 3.78. The van der Waals surface area contributed by atoms with E-state index in [1.165, 1.54) is 18.2 Å². The molecule has 0 bridgehead atoms. The summed E-state index contributed by atoms with van der Waals surface area (Å²) in [5, 5.41) is 8.78. The lowest BCUT2D eigenvalue weighted by Crippen LogP contribution is -2.13. The molecule has 0 fully saturated rings. The largest absolute Gasteiger partial charge is 0.477 e. The van der Waals surface area contributed by atoms with Crippen LogP contribution in [0.15, 0.2) is 34.5 Å². The summed E-state index contributed by atoms with van der Waals surface area (Å²) in [5.41, 5.74) is 0.293. The molecule has 2 N–H and O–H groups in total. The van der Waals surface area contributed by atoms with E-state index in [0.717, 1.165) is 6.07 Å². The summed E-state index contributed by atoms with van der Waals surface area (Å²) in [6, 6.07) is 6.54. The summed E-state index contributed by atoms with van der Waals surface area (Å²) in [4.78, 5) is 10.6. The molecule has 20 heavy (non-hydrogen) atoms. The maximum absolute atomic E-state index is 13.6. The molecule has 0 aliphatic rings. The zero-order chi connectivity index (χ0) is 14.9. The van der Waals surface area contributed by atoms with E-state index in [4.69, 9.17) is 5.11 Å². The molecule has 0 spiro atoms. The minimum Gasteiger partial charge on any atom is -0.477 e. The molecule has 0 saturated carbocycles. The quantitative estimate of drug-likeness (QED) is 0.908. The number of sulfonamides is 1.